The zero-order chi connectivity index (χ0) is 16.6. The lowest BCUT2D eigenvalue weighted by molar-refractivity contribution is 0.102. The zero-order valence-corrected chi connectivity index (χ0v) is 13.3. The number of oxazole rings is 1. The number of benzene rings is 2. The number of carbonyl (C=O) groups is 1. The molecule has 118 valence electrons. The van der Waals surface area contributed by atoms with Gasteiger partial charge in [0.15, 0.2) is 11.3 Å². The topological polar surface area (TPSA) is 84.3 Å². The number of carbonyl (C=O) groups excluding carboxylic acids is 1. The lowest BCUT2D eigenvalue weighted by atomic mass is 10.1. The first kappa shape index (κ1) is 15.5. The van der Waals surface area contributed by atoms with Gasteiger partial charge in [-0.05, 0) is 30.3 Å². The summed E-state index contributed by atoms with van der Waals surface area (Å²) in [6.07, 6.45) is 0. The van der Waals surface area contributed by atoms with E-state index < -0.39 is 11.7 Å². The molecule has 0 fully saturated rings. The van der Waals surface area contributed by atoms with E-state index in [-0.39, 0.29) is 21.4 Å². The SMILES string of the molecule is COc1c(Cl)ccc(Cl)c1C(=O)Nc1ccc2oc(=O)[nH]c2c1. The molecule has 0 aliphatic rings. The maximum absolute atomic E-state index is 12.5. The summed E-state index contributed by atoms with van der Waals surface area (Å²) in [6, 6.07) is 7.80. The summed E-state index contributed by atoms with van der Waals surface area (Å²) < 4.78 is 10.1. The molecule has 0 unspecified atom stereocenters. The number of ether oxygens (including phenoxy) is 1. The predicted molar refractivity (Wildman–Crippen MR) is 87.8 cm³/mol. The van der Waals surface area contributed by atoms with Crippen LogP contribution in [0.5, 0.6) is 5.75 Å². The van der Waals surface area contributed by atoms with Crippen molar-refractivity contribution in [2.45, 2.75) is 0 Å². The minimum atomic E-state index is -0.567. The minimum absolute atomic E-state index is 0.127. The molecular weight excluding hydrogens is 343 g/mol. The largest absolute Gasteiger partial charge is 0.494 e. The number of amides is 1. The number of hydrogen-bond acceptors (Lipinski definition) is 4. The van der Waals surface area contributed by atoms with Crippen molar-refractivity contribution >= 4 is 45.9 Å². The average molecular weight is 353 g/mol. The molecule has 0 aliphatic heterocycles. The number of fused-ring (bicyclic) bond motifs is 1. The molecule has 0 saturated carbocycles. The van der Waals surface area contributed by atoms with Gasteiger partial charge in [-0.1, -0.05) is 23.2 Å². The number of rotatable bonds is 3. The van der Waals surface area contributed by atoms with Crippen LogP contribution in [0.15, 0.2) is 39.5 Å². The van der Waals surface area contributed by atoms with Gasteiger partial charge in [0.2, 0.25) is 0 Å². The zero-order valence-electron chi connectivity index (χ0n) is 11.8. The Hall–Kier alpha value is -2.44. The highest BCUT2D eigenvalue weighted by Crippen LogP contribution is 2.34. The van der Waals surface area contributed by atoms with Crippen LogP contribution < -0.4 is 15.8 Å². The number of H-pyrrole nitrogens is 1. The highest BCUT2D eigenvalue weighted by molar-refractivity contribution is 6.37. The second-order valence-electron chi connectivity index (χ2n) is 4.62. The van der Waals surface area contributed by atoms with E-state index in [1.54, 1.807) is 24.3 Å². The van der Waals surface area contributed by atoms with Crippen LogP contribution in [-0.4, -0.2) is 18.0 Å². The van der Waals surface area contributed by atoms with E-state index in [0.717, 1.165) is 0 Å². The molecule has 0 bridgehead atoms. The van der Waals surface area contributed by atoms with Crippen LogP contribution in [0.1, 0.15) is 10.4 Å². The number of nitrogens with one attached hydrogen (secondary N) is 2. The van der Waals surface area contributed by atoms with Crippen molar-refractivity contribution in [1.29, 1.82) is 0 Å². The Labute approximate surface area is 140 Å². The van der Waals surface area contributed by atoms with Crippen LogP contribution in [0, 0.1) is 0 Å². The minimum Gasteiger partial charge on any atom is -0.494 e. The summed E-state index contributed by atoms with van der Waals surface area (Å²) in [5, 5.41) is 3.16. The van der Waals surface area contributed by atoms with Gasteiger partial charge >= 0.3 is 5.76 Å². The van der Waals surface area contributed by atoms with Crippen molar-refractivity contribution in [2.75, 3.05) is 12.4 Å². The van der Waals surface area contributed by atoms with Gasteiger partial charge in [-0.3, -0.25) is 9.78 Å². The predicted octanol–water partition coefficient (Wildman–Crippen LogP) is 3.69. The summed E-state index contributed by atoms with van der Waals surface area (Å²) in [6.45, 7) is 0. The highest BCUT2D eigenvalue weighted by atomic mass is 35.5. The maximum Gasteiger partial charge on any atom is 0.417 e. The third-order valence-electron chi connectivity index (χ3n) is 3.17. The Kier molecular flexibility index (Phi) is 4.02. The first-order valence-corrected chi connectivity index (χ1v) is 7.21. The molecule has 2 N–H and O–H groups in total. The maximum atomic E-state index is 12.5. The molecule has 1 aromatic heterocycles. The molecule has 0 saturated heterocycles. The standard InChI is InChI=1S/C15H10Cl2N2O4/c1-22-13-9(17)4-3-8(16)12(13)14(20)18-7-2-5-11-10(6-7)19-15(21)23-11/h2-6H,1H3,(H,18,20)(H,19,21). The van der Waals surface area contributed by atoms with Gasteiger partial charge in [0, 0.05) is 5.69 Å². The van der Waals surface area contributed by atoms with Gasteiger partial charge < -0.3 is 14.5 Å². The van der Waals surface area contributed by atoms with E-state index in [1.165, 1.54) is 13.2 Å². The molecule has 3 rings (SSSR count). The van der Waals surface area contributed by atoms with Crippen LogP contribution in [0.4, 0.5) is 5.69 Å². The van der Waals surface area contributed by atoms with Gasteiger partial charge in [0.25, 0.3) is 5.91 Å². The number of aromatic amines is 1. The average Bonchev–Trinajstić information content (AvgIpc) is 2.88. The summed E-state index contributed by atoms with van der Waals surface area (Å²) in [7, 11) is 1.40. The van der Waals surface area contributed by atoms with E-state index >= 15 is 0 Å². The molecule has 23 heavy (non-hydrogen) atoms. The smallest absolute Gasteiger partial charge is 0.417 e. The van der Waals surface area contributed by atoms with E-state index in [9.17, 15) is 9.59 Å². The van der Waals surface area contributed by atoms with Crippen molar-refractivity contribution in [3.05, 3.63) is 56.5 Å². The van der Waals surface area contributed by atoms with Gasteiger partial charge in [-0.2, -0.15) is 0 Å². The molecule has 8 heteroatoms. The molecule has 2 aromatic carbocycles. The first-order chi connectivity index (χ1) is 11.0. The number of methoxy groups -OCH3 is 1. The van der Waals surface area contributed by atoms with Crippen molar-refractivity contribution in [1.82, 2.24) is 4.98 Å². The lowest BCUT2D eigenvalue weighted by Crippen LogP contribution is -2.14. The van der Waals surface area contributed by atoms with Gasteiger partial charge in [-0.25, -0.2) is 4.79 Å². The van der Waals surface area contributed by atoms with Crippen molar-refractivity contribution in [3.8, 4) is 5.75 Å². The van der Waals surface area contributed by atoms with Gasteiger partial charge in [0.1, 0.15) is 5.56 Å². The second-order valence-corrected chi connectivity index (χ2v) is 5.43. The normalized spacial score (nSPS) is 10.7. The molecule has 1 heterocycles. The van der Waals surface area contributed by atoms with Crippen LogP contribution in [-0.2, 0) is 0 Å². The summed E-state index contributed by atoms with van der Waals surface area (Å²) in [4.78, 5) is 26.1. The summed E-state index contributed by atoms with van der Waals surface area (Å²) in [5.74, 6) is -0.864. The van der Waals surface area contributed by atoms with Gasteiger partial charge in [0.05, 0.1) is 22.7 Å². The Balaban J connectivity index is 1.97. The monoisotopic (exact) mass is 352 g/mol. The van der Waals surface area contributed by atoms with E-state index in [0.29, 0.717) is 16.8 Å². The number of halogens is 2. The van der Waals surface area contributed by atoms with E-state index in [2.05, 4.69) is 10.3 Å². The van der Waals surface area contributed by atoms with Gasteiger partial charge in [-0.15, -0.1) is 0 Å². The fraction of sp³-hybridized carbons (Fsp3) is 0.0667. The van der Waals surface area contributed by atoms with E-state index in [1.807, 2.05) is 0 Å². The Morgan fingerprint density at radius 2 is 1.96 bits per heavy atom. The van der Waals surface area contributed by atoms with Crippen LogP contribution in [0.3, 0.4) is 0 Å². The fourth-order valence-electron chi connectivity index (χ4n) is 2.17. The number of aromatic nitrogens is 1. The Morgan fingerprint density at radius 1 is 1.22 bits per heavy atom. The summed E-state index contributed by atoms with van der Waals surface area (Å²) in [5.41, 5.74) is 1.45. The third kappa shape index (κ3) is 2.91. The number of hydrogen-bond donors (Lipinski definition) is 2. The second kappa shape index (κ2) is 5.98. The van der Waals surface area contributed by atoms with Crippen LogP contribution >= 0.6 is 23.2 Å². The van der Waals surface area contributed by atoms with Crippen molar-refractivity contribution < 1.29 is 13.9 Å². The molecule has 0 atom stereocenters. The fourth-order valence-corrected chi connectivity index (χ4v) is 2.64. The van der Waals surface area contributed by atoms with E-state index in [4.69, 9.17) is 32.4 Å². The summed E-state index contributed by atoms with van der Waals surface area (Å²) >= 11 is 12.1. The van der Waals surface area contributed by atoms with Crippen molar-refractivity contribution in [2.24, 2.45) is 0 Å². The Morgan fingerprint density at radius 3 is 2.70 bits per heavy atom. The highest BCUT2D eigenvalue weighted by Gasteiger charge is 2.19. The molecule has 3 aromatic rings. The molecule has 0 aliphatic carbocycles. The first-order valence-electron chi connectivity index (χ1n) is 6.46. The van der Waals surface area contributed by atoms with Crippen molar-refractivity contribution in [3.63, 3.8) is 0 Å². The lowest BCUT2D eigenvalue weighted by Gasteiger charge is -2.12. The molecule has 1 amide bonds. The number of anilines is 1. The van der Waals surface area contributed by atoms with Crippen LogP contribution in [0.25, 0.3) is 11.1 Å². The molecule has 0 radical (unpaired) electrons. The van der Waals surface area contributed by atoms with Crippen LogP contribution in [0.2, 0.25) is 10.0 Å². The molecular formula is C15H10Cl2N2O4. The Bertz CT molecular complexity index is 962. The molecule has 0 spiro atoms. The quantitative estimate of drug-likeness (QED) is 0.752. The molecule has 6 nitrogen and oxygen atoms in total. The third-order valence-corrected chi connectivity index (χ3v) is 3.78.